The highest BCUT2D eigenvalue weighted by molar-refractivity contribution is 7.71. The van der Waals surface area contributed by atoms with Crippen molar-refractivity contribution in [2.75, 3.05) is 37.7 Å². The molecule has 2 aromatic rings. The van der Waals surface area contributed by atoms with Gasteiger partial charge in [-0.25, -0.2) is 4.58 Å². The Morgan fingerprint density at radius 3 is 2.30 bits per heavy atom. The first-order valence-electron chi connectivity index (χ1n) is 14.2. The monoisotopic (exact) mass is 563 g/mol. The summed E-state index contributed by atoms with van der Waals surface area (Å²) in [6, 6.07) is 13.7. The Morgan fingerprint density at radius 1 is 0.975 bits per heavy atom. The number of carbonyl (C=O) groups is 1. The fourth-order valence-electron chi connectivity index (χ4n) is 5.41. The lowest BCUT2D eigenvalue weighted by Gasteiger charge is -2.31. The smallest absolute Gasteiger partial charge is 0.303 e. The van der Waals surface area contributed by atoms with E-state index < -0.39 is 13.3 Å². The van der Waals surface area contributed by atoms with Crippen LogP contribution >= 0.6 is 7.37 Å². The molecule has 2 N–H and O–H groups in total. The summed E-state index contributed by atoms with van der Waals surface area (Å²) in [5.74, 6) is -0.0900. The molecule has 1 aliphatic carbocycles. The van der Waals surface area contributed by atoms with Crippen molar-refractivity contribution in [2.45, 2.75) is 47.0 Å². The molecule has 0 bridgehead atoms. The van der Waals surface area contributed by atoms with Crippen LogP contribution in [0.5, 0.6) is 5.75 Å². The van der Waals surface area contributed by atoms with E-state index in [1.54, 1.807) is 0 Å². The highest BCUT2D eigenvalue weighted by Gasteiger charge is 2.40. The van der Waals surface area contributed by atoms with Crippen LogP contribution in [-0.2, 0) is 9.36 Å². The molecular weight excluding hydrogens is 523 g/mol. The Balaban J connectivity index is 1.80. The number of carboxylic acid groups (broad SMARTS) is 1. The molecule has 2 aliphatic rings. The maximum Gasteiger partial charge on any atom is 0.303 e. The maximum absolute atomic E-state index is 14.3. The van der Waals surface area contributed by atoms with Crippen LogP contribution in [0.4, 0.5) is 5.69 Å². The van der Waals surface area contributed by atoms with E-state index in [9.17, 15) is 14.3 Å². The van der Waals surface area contributed by atoms with E-state index in [2.05, 4.69) is 37.2 Å². The van der Waals surface area contributed by atoms with Crippen LogP contribution < -0.4 is 14.9 Å². The first-order valence-corrected chi connectivity index (χ1v) is 15.9. The van der Waals surface area contributed by atoms with Gasteiger partial charge in [-0.1, -0.05) is 18.2 Å². The second-order valence-electron chi connectivity index (χ2n) is 9.92. The van der Waals surface area contributed by atoms with Crippen molar-refractivity contribution in [1.29, 1.82) is 0 Å². The maximum atomic E-state index is 14.3. The summed E-state index contributed by atoms with van der Waals surface area (Å²) in [6.45, 7) is 12.0. The Kier molecular flexibility index (Phi) is 9.49. The number of ether oxygens (including phenoxy) is 1. The number of hydrogen-bond donors (Lipinski definition) is 2. The molecule has 8 heteroatoms. The molecule has 2 aromatic carbocycles. The van der Waals surface area contributed by atoms with Gasteiger partial charge in [0.15, 0.2) is 0 Å². The molecule has 0 spiro atoms. The normalized spacial score (nSPS) is 17.7. The number of rotatable bonds is 12. The Morgan fingerprint density at radius 2 is 1.68 bits per heavy atom. The van der Waals surface area contributed by atoms with Gasteiger partial charge >= 0.3 is 5.97 Å². The number of carboxylic acids is 1. The van der Waals surface area contributed by atoms with E-state index in [0.29, 0.717) is 35.8 Å². The molecule has 4 rings (SSSR count). The van der Waals surface area contributed by atoms with Crippen LogP contribution in [0.3, 0.4) is 0 Å². The lowest BCUT2D eigenvalue weighted by molar-refractivity contribution is -0.519. The largest absolute Gasteiger partial charge is 0.494 e. The van der Waals surface area contributed by atoms with Gasteiger partial charge < -0.3 is 19.6 Å². The third kappa shape index (κ3) is 6.01. The van der Waals surface area contributed by atoms with Crippen LogP contribution in [0.15, 0.2) is 71.6 Å². The molecule has 7 nitrogen and oxygen atoms in total. The molecule has 0 fully saturated rings. The fourth-order valence-corrected chi connectivity index (χ4v) is 7.31. The molecule has 0 amide bonds. The molecule has 40 heavy (non-hydrogen) atoms. The summed E-state index contributed by atoms with van der Waals surface area (Å²) in [5.41, 5.74) is 5.28. The standard InChI is InChI=1S/C32H39N2O5P/c1-5-33(6-2)24-14-18-27-29(21-24)40(37,38)30-22-25(34(7-3)8-4)15-19-28(30)32(27)23-12-16-26(17-13-23)39-20-10-9-11-31(35)36/h12-19,21-22H,5-11,20H2,1-4H3,(H-,35,36,37,38)/p+1. The SMILES string of the molecule is CCN(CC)c1ccc2c(c1)P(=O)(O)C1=CC(=[N+](CC)CC)C=CC1=C2c1ccc(OCCCCC(=O)O)cc1. The third-order valence-corrected chi connectivity index (χ3v) is 9.65. The van der Waals surface area contributed by atoms with Crippen LogP contribution in [0, 0.1) is 0 Å². The third-order valence-electron chi connectivity index (χ3n) is 7.61. The van der Waals surface area contributed by atoms with Crippen LogP contribution in [-0.4, -0.2) is 59.0 Å². The van der Waals surface area contributed by atoms with E-state index >= 15 is 0 Å². The van der Waals surface area contributed by atoms with Crippen molar-refractivity contribution in [1.82, 2.24) is 0 Å². The average Bonchev–Trinajstić information content (AvgIpc) is 2.95. The number of benzene rings is 2. The second kappa shape index (κ2) is 12.8. The summed E-state index contributed by atoms with van der Waals surface area (Å²) in [7, 11) is -3.88. The fraction of sp³-hybridized carbons (Fsp3) is 0.375. The van der Waals surface area contributed by atoms with E-state index in [0.717, 1.165) is 59.9 Å². The zero-order chi connectivity index (χ0) is 28.9. The number of hydrogen-bond acceptors (Lipinski definition) is 4. The first-order chi connectivity index (χ1) is 19.2. The summed E-state index contributed by atoms with van der Waals surface area (Å²) < 4.78 is 22.3. The van der Waals surface area contributed by atoms with Crippen LogP contribution in [0.25, 0.3) is 5.57 Å². The topological polar surface area (TPSA) is 90.1 Å². The summed E-state index contributed by atoms with van der Waals surface area (Å²) in [5, 5.41) is 9.74. The van der Waals surface area contributed by atoms with Gasteiger partial charge in [-0.3, -0.25) is 9.36 Å². The van der Waals surface area contributed by atoms with Gasteiger partial charge in [-0.15, -0.1) is 0 Å². The molecule has 0 saturated heterocycles. The Bertz CT molecular complexity index is 1430. The van der Waals surface area contributed by atoms with E-state index in [1.165, 1.54) is 0 Å². The van der Waals surface area contributed by atoms with Crippen molar-refractivity contribution in [3.63, 3.8) is 0 Å². The molecule has 1 heterocycles. The zero-order valence-electron chi connectivity index (χ0n) is 23.9. The van der Waals surface area contributed by atoms with E-state index in [1.807, 2.05) is 60.7 Å². The molecule has 1 atom stereocenters. The molecule has 0 saturated carbocycles. The van der Waals surface area contributed by atoms with Crippen LogP contribution in [0.1, 0.15) is 58.1 Å². The van der Waals surface area contributed by atoms with Gasteiger partial charge in [0.1, 0.15) is 18.8 Å². The van der Waals surface area contributed by atoms with Gasteiger partial charge in [0.05, 0.1) is 17.2 Å². The Hall–Kier alpha value is -3.41. The van der Waals surface area contributed by atoms with Crippen LogP contribution in [0.2, 0.25) is 0 Å². The predicted molar refractivity (Wildman–Crippen MR) is 162 cm³/mol. The quantitative estimate of drug-likeness (QED) is 0.192. The lowest BCUT2D eigenvalue weighted by atomic mass is 9.89. The molecule has 0 radical (unpaired) electrons. The Labute approximate surface area is 237 Å². The average molecular weight is 564 g/mol. The number of allylic oxidation sites excluding steroid dienone is 5. The summed E-state index contributed by atoms with van der Waals surface area (Å²) in [4.78, 5) is 24.6. The van der Waals surface area contributed by atoms with Gasteiger partial charge in [0, 0.05) is 37.3 Å². The number of fused-ring (bicyclic) bond motifs is 2. The van der Waals surface area contributed by atoms with Gasteiger partial charge in [0.25, 0.3) is 7.37 Å². The number of aliphatic carboxylic acids is 1. The number of unbranched alkanes of at least 4 members (excludes halogenated alkanes) is 1. The van der Waals surface area contributed by atoms with Crippen molar-refractivity contribution in [3.05, 3.63) is 82.7 Å². The lowest BCUT2D eigenvalue weighted by Crippen LogP contribution is -2.27. The predicted octanol–water partition coefficient (Wildman–Crippen LogP) is 5.82. The van der Waals surface area contributed by atoms with Gasteiger partial charge in [-0.05, 0) is 93.2 Å². The summed E-state index contributed by atoms with van der Waals surface area (Å²) in [6.07, 6.45) is 7.29. The molecular formula is C32H40N2O5P+. The second-order valence-corrected chi connectivity index (χ2v) is 12.0. The van der Waals surface area contributed by atoms with Crippen molar-refractivity contribution in [2.24, 2.45) is 0 Å². The van der Waals surface area contributed by atoms with Crippen molar-refractivity contribution in [3.8, 4) is 5.75 Å². The van der Waals surface area contributed by atoms with Crippen molar-refractivity contribution < 1.29 is 28.7 Å². The number of anilines is 1. The minimum absolute atomic E-state index is 0.139. The molecule has 0 aromatic heterocycles. The van der Waals surface area contributed by atoms with Gasteiger partial charge in [-0.2, -0.15) is 0 Å². The first kappa shape index (κ1) is 29.6. The molecule has 212 valence electrons. The highest BCUT2D eigenvalue weighted by atomic mass is 31.2. The minimum atomic E-state index is -3.88. The molecule has 1 aliphatic heterocycles. The van der Waals surface area contributed by atoms with Crippen molar-refractivity contribution >= 4 is 35.6 Å². The van der Waals surface area contributed by atoms with Gasteiger partial charge in [0.2, 0.25) is 5.71 Å². The molecule has 1 unspecified atom stereocenters. The number of nitrogens with zero attached hydrogens (tertiary/aromatic N) is 2. The minimum Gasteiger partial charge on any atom is -0.494 e. The summed E-state index contributed by atoms with van der Waals surface area (Å²) >= 11 is 0. The zero-order valence-corrected chi connectivity index (χ0v) is 24.8. The van der Waals surface area contributed by atoms with E-state index in [-0.39, 0.29) is 6.42 Å². The van der Waals surface area contributed by atoms with E-state index in [4.69, 9.17) is 9.84 Å². The highest BCUT2D eigenvalue weighted by Crippen LogP contribution is 2.59.